The fourth-order valence-corrected chi connectivity index (χ4v) is 4.35. The van der Waals surface area contributed by atoms with Crippen LogP contribution in [0.1, 0.15) is 10.4 Å². The van der Waals surface area contributed by atoms with Gasteiger partial charge >= 0.3 is 11.9 Å². The van der Waals surface area contributed by atoms with Crippen molar-refractivity contribution in [3.05, 3.63) is 16.0 Å². The number of esters is 2. The molecule has 0 saturated carbocycles. The molecule has 112 valence electrons. The fourth-order valence-electron chi connectivity index (χ4n) is 1.27. The van der Waals surface area contributed by atoms with E-state index >= 15 is 0 Å². The summed E-state index contributed by atoms with van der Waals surface area (Å²) in [6, 6.07) is 0. The highest BCUT2D eigenvalue weighted by molar-refractivity contribution is 7.91. The molecule has 0 aliphatic rings. The molecule has 0 atom stereocenters. The predicted octanol–water partition coefficient (Wildman–Crippen LogP) is 0.982. The van der Waals surface area contributed by atoms with Gasteiger partial charge in [-0.1, -0.05) is 11.6 Å². The van der Waals surface area contributed by atoms with Crippen molar-refractivity contribution in [2.24, 2.45) is 0 Å². The summed E-state index contributed by atoms with van der Waals surface area (Å²) in [5, 5.41) is 1.29. The average Bonchev–Trinajstić information content (AvgIpc) is 2.80. The molecule has 1 aromatic heterocycles. The zero-order chi connectivity index (χ0) is 15.5. The third kappa shape index (κ3) is 3.29. The van der Waals surface area contributed by atoms with Crippen molar-refractivity contribution in [1.29, 1.82) is 0 Å². The van der Waals surface area contributed by atoms with Crippen molar-refractivity contribution in [3.8, 4) is 0 Å². The highest BCUT2D eigenvalue weighted by Crippen LogP contribution is 2.33. The van der Waals surface area contributed by atoms with E-state index in [4.69, 9.17) is 11.6 Å². The Morgan fingerprint density at radius 3 is 2.45 bits per heavy atom. The molecular formula is C10H12ClNO6S2. The first-order chi connectivity index (χ1) is 9.25. The number of methoxy groups -OCH3 is 2. The number of hydrogen-bond acceptors (Lipinski definition) is 7. The Labute approximate surface area is 125 Å². The quantitative estimate of drug-likeness (QED) is 0.742. The minimum absolute atomic E-state index is 0.0214. The minimum atomic E-state index is -4.04. The summed E-state index contributed by atoms with van der Waals surface area (Å²) in [7, 11) is -0.588. The molecular weight excluding hydrogens is 330 g/mol. The first kappa shape index (κ1) is 16.9. The van der Waals surface area contributed by atoms with E-state index < -0.39 is 28.5 Å². The lowest BCUT2D eigenvalue weighted by molar-refractivity contribution is -0.140. The van der Waals surface area contributed by atoms with Gasteiger partial charge in [-0.25, -0.2) is 13.2 Å². The Balaban J connectivity index is 3.23. The lowest BCUT2D eigenvalue weighted by Gasteiger charge is -2.15. The molecule has 0 spiro atoms. The molecule has 1 heterocycles. The van der Waals surface area contributed by atoms with Crippen molar-refractivity contribution in [2.75, 3.05) is 27.8 Å². The van der Waals surface area contributed by atoms with Crippen molar-refractivity contribution in [3.63, 3.8) is 0 Å². The number of halogens is 1. The van der Waals surface area contributed by atoms with Crippen molar-refractivity contribution in [1.82, 2.24) is 4.31 Å². The first-order valence-electron chi connectivity index (χ1n) is 5.14. The van der Waals surface area contributed by atoms with Gasteiger partial charge in [-0.3, -0.25) is 4.79 Å². The van der Waals surface area contributed by atoms with Gasteiger partial charge in [0.15, 0.2) is 4.21 Å². The van der Waals surface area contributed by atoms with E-state index in [0.29, 0.717) is 0 Å². The summed E-state index contributed by atoms with van der Waals surface area (Å²) < 4.78 is 34.0. The summed E-state index contributed by atoms with van der Waals surface area (Å²) in [5.74, 6) is -1.58. The number of nitrogens with zero attached hydrogens (tertiary/aromatic N) is 1. The number of sulfonamides is 1. The maximum atomic E-state index is 12.3. The highest BCUT2D eigenvalue weighted by atomic mass is 35.5. The average molecular weight is 342 g/mol. The molecule has 20 heavy (non-hydrogen) atoms. The predicted molar refractivity (Wildman–Crippen MR) is 72.5 cm³/mol. The molecule has 10 heteroatoms. The van der Waals surface area contributed by atoms with E-state index in [1.165, 1.54) is 12.4 Å². The third-order valence-corrected chi connectivity index (χ3v) is 6.07. The van der Waals surface area contributed by atoms with Crippen LogP contribution in [0.4, 0.5) is 0 Å². The fraction of sp³-hybridized carbons (Fsp3) is 0.400. The van der Waals surface area contributed by atoms with Crippen LogP contribution in [0.15, 0.2) is 9.59 Å². The van der Waals surface area contributed by atoms with Gasteiger partial charge in [-0.2, -0.15) is 4.31 Å². The van der Waals surface area contributed by atoms with Crippen LogP contribution in [0, 0.1) is 0 Å². The zero-order valence-electron chi connectivity index (χ0n) is 10.9. The summed E-state index contributed by atoms with van der Waals surface area (Å²) in [6.45, 7) is -0.477. The molecule has 0 radical (unpaired) electrons. The number of likely N-dealkylation sites (N-methyl/N-ethyl adjacent to an activating group) is 1. The number of rotatable bonds is 5. The second kappa shape index (κ2) is 6.53. The normalized spacial score (nSPS) is 11.4. The minimum Gasteiger partial charge on any atom is -0.468 e. The van der Waals surface area contributed by atoms with E-state index in [-0.39, 0.29) is 14.8 Å². The largest absolute Gasteiger partial charge is 0.468 e. The zero-order valence-corrected chi connectivity index (χ0v) is 13.3. The Morgan fingerprint density at radius 2 is 1.95 bits per heavy atom. The van der Waals surface area contributed by atoms with Gasteiger partial charge in [0, 0.05) is 12.4 Å². The molecule has 0 fully saturated rings. The van der Waals surface area contributed by atoms with Gasteiger partial charge in [-0.15, -0.1) is 11.3 Å². The van der Waals surface area contributed by atoms with Gasteiger partial charge in [-0.05, 0) is 0 Å². The van der Waals surface area contributed by atoms with Gasteiger partial charge in [0.25, 0.3) is 10.0 Å². The third-order valence-electron chi connectivity index (χ3n) is 2.33. The highest BCUT2D eigenvalue weighted by Gasteiger charge is 2.32. The number of carbonyl (C=O) groups is 2. The molecule has 0 amide bonds. The molecule has 0 aromatic carbocycles. The smallest absolute Gasteiger partial charge is 0.341 e. The van der Waals surface area contributed by atoms with E-state index in [2.05, 4.69) is 9.47 Å². The van der Waals surface area contributed by atoms with E-state index in [9.17, 15) is 18.0 Å². The van der Waals surface area contributed by atoms with Crippen LogP contribution < -0.4 is 0 Å². The van der Waals surface area contributed by atoms with Crippen LogP contribution in [-0.2, 0) is 24.3 Å². The Kier molecular flexibility index (Phi) is 5.51. The molecule has 0 aliphatic heterocycles. The second-order valence-corrected chi connectivity index (χ2v) is 7.10. The second-order valence-electron chi connectivity index (χ2n) is 3.57. The molecule has 1 rings (SSSR count). The molecule has 1 aromatic rings. The maximum Gasteiger partial charge on any atom is 0.341 e. The maximum absolute atomic E-state index is 12.3. The molecule has 0 aliphatic carbocycles. The summed E-state index contributed by atoms with van der Waals surface area (Å²) in [6.07, 6.45) is 0. The summed E-state index contributed by atoms with van der Waals surface area (Å²) in [4.78, 5) is 22.7. The Morgan fingerprint density at radius 1 is 1.35 bits per heavy atom. The molecule has 0 saturated heterocycles. The standard InChI is InChI=1S/C10H12ClNO6S2/c1-12(4-7(13)17-2)20(15,16)10-8(9(14)18-3)6(11)5-19-10/h5H,4H2,1-3H3. The topological polar surface area (TPSA) is 90.0 Å². The van der Waals surface area contributed by atoms with Crippen LogP contribution in [0.2, 0.25) is 5.02 Å². The van der Waals surface area contributed by atoms with Crippen LogP contribution in [-0.4, -0.2) is 52.5 Å². The monoisotopic (exact) mass is 341 g/mol. The Bertz CT molecular complexity index is 624. The van der Waals surface area contributed by atoms with Gasteiger partial charge in [0.05, 0.1) is 19.2 Å². The summed E-state index contributed by atoms with van der Waals surface area (Å²) >= 11 is 6.57. The van der Waals surface area contributed by atoms with Crippen LogP contribution in [0.5, 0.6) is 0 Å². The molecule has 7 nitrogen and oxygen atoms in total. The lowest BCUT2D eigenvalue weighted by Crippen LogP contribution is -2.33. The molecule has 0 bridgehead atoms. The van der Waals surface area contributed by atoms with Crippen molar-refractivity contribution >= 4 is 44.9 Å². The number of hydrogen-bond donors (Lipinski definition) is 0. The SMILES string of the molecule is COC(=O)CN(C)S(=O)(=O)c1scc(Cl)c1C(=O)OC. The van der Waals surface area contributed by atoms with Crippen LogP contribution in [0.25, 0.3) is 0 Å². The van der Waals surface area contributed by atoms with E-state index in [0.717, 1.165) is 29.9 Å². The van der Waals surface area contributed by atoms with E-state index in [1.54, 1.807) is 0 Å². The summed E-state index contributed by atoms with van der Waals surface area (Å²) in [5.41, 5.74) is -0.240. The number of thiophene rings is 1. The van der Waals surface area contributed by atoms with Crippen molar-refractivity contribution < 1.29 is 27.5 Å². The number of carbonyl (C=O) groups excluding carboxylic acids is 2. The van der Waals surface area contributed by atoms with Crippen molar-refractivity contribution in [2.45, 2.75) is 4.21 Å². The Hall–Kier alpha value is -1.16. The molecule has 0 N–H and O–H groups in total. The van der Waals surface area contributed by atoms with Crippen LogP contribution >= 0.6 is 22.9 Å². The van der Waals surface area contributed by atoms with Crippen LogP contribution in [0.3, 0.4) is 0 Å². The van der Waals surface area contributed by atoms with Gasteiger partial charge < -0.3 is 9.47 Å². The van der Waals surface area contributed by atoms with E-state index in [1.807, 2.05) is 0 Å². The van der Waals surface area contributed by atoms with Gasteiger partial charge in [0.2, 0.25) is 0 Å². The first-order valence-corrected chi connectivity index (χ1v) is 7.84. The lowest BCUT2D eigenvalue weighted by atomic mass is 10.3. The van der Waals surface area contributed by atoms with Gasteiger partial charge in [0.1, 0.15) is 12.1 Å². The number of ether oxygens (including phenoxy) is 2. The molecule has 0 unspecified atom stereocenters.